The number of hydrogen-bond donors (Lipinski definition) is 2. The van der Waals surface area contributed by atoms with E-state index in [4.69, 9.17) is 5.21 Å². The molecule has 0 spiro atoms. The maximum absolute atomic E-state index is 10.7. The summed E-state index contributed by atoms with van der Waals surface area (Å²) >= 11 is 0. The fourth-order valence-electron chi connectivity index (χ4n) is 0.654. The summed E-state index contributed by atoms with van der Waals surface area (Å²) in [6.07, 6.45) is 0. The van der Waals surface area contributed by atoms with Crippen LogP contribution >= 0.6 is 0 Å². The molecule has 0 heterocycles. The van der Waals surface area contributed by atoms with Crippen molar-refractivity contribution < 1.29 is 10.0 Å². The van der Waals surface area contributed by atoms with Crippen LogP contribution in [0.25, 0.3) is 0 Å². The van der Waals surface area contributed by atoms with Gasteiger partial charge in [0.2, 0.25) is 0 Å². The van der Waals surface area contributed by atoms with Crippen molar-refractivity contribution in [3.63, 3.8) is 0 Å². The number of carbonyl (C=O) groups is 1. The van der Waals surface area contributed by atoms with Crippen LogP contribution in [0.5, 0.6) is 0 Å². The number of rotatable bonds is 1. The predicted octanol–water partition coefficient (Wildman–Crippen LogP) is 0.425. The summed E-state index contributed by atoms with van der Waals surface area (Å²) in [6, 6.07) is 8.49. The van der Waals surface area contributed by atoms with E-state index in [1.807, 2.05) is 0 Å². The van der Waals surface area contributed by atoms with Crippen molar-refractivity contribution in [2.45, 2.75) is 0 Å². The van der Waals surface area contributed by atoms with Crippen molar-refractivity contribution in [1.29, 1.82) is 0 Å². The topological polar surface area (TPSA) is 49.3 Å². The third-order valence-corrected chi connectivity index (χ3v) is 1.14. The van der Waals surface area contributed by atoms with Crippen LogP contribution in [-0.2, 0) is 0 Å². The quantitative estimate of drug-likeness (QED) is 0.370. The molecule has 0 atom stereocenters. The summed E-state index contributed by atoms with van der Waals surface area (Å²) in [5, 5.41) is 8.19. The first-order chi connectivity index (χ1) is 4.84. The molecule has 1 aromatic rings. The fraction of sp³-hybridized carbons (Fsp3) is 0. The maximum atomic E-state index is 10.7. The SMILES string of the molecule is O=C(NO)c1ccccc1.[K]. The van der Waals surface area contributed by atoms with Gasteiger partial charge in [0.25, 0.3) is 5.91 Å². The van der Waals surface area contributed by atoms with Gasteiger partial charge in [-0.15, -0.1) is 0 Å². The second kappa shape index (κ2) is 5.88. The Morgan fingerprint density at radius 1 is 1.27 bits per heavy atom. The standard InChI is InChI=1S/C7H7NO2.K/c9-7(8-10)6-4-2-1-3-5-6;/h1-5,10H,(H,8,9);. The number of nitrogens with one attached hydrogen (secondary N) is 1. The summed E-state index contributed by atoms with van der Waals surface area (Å²) in [5.41, 5.74) is 1.99. The minimum atomic E-state index is -0.486. The second-order valence-electron chi connectivity index (χ2n) is 1.81. The zero-order chi connectivity index (χ0) is 7.40. The summed E-state index contributed by atoms with van der Waals surface area (Å²) < 4.78 is 0. The van der Waals surface area contributed by atoms with Crippen LogP contribution in [0.1, 0.15) is 10.4 Å². The Morgan fingerprint density at radius 2 is 1.82 bits per heavy atom. The van der Waals surface area contributed by atoms with Gasteiger partial charge < -0.3 is 0 Å². The second-order valence-corrected chi connectivity index (χ2v) is 1.81. The molecule has 2 N–H and O–H groups in total. The van der Waals surface area contributed by atoms with Crippen molar-refractivity contribution in [2.75, 3.05) is 0 Å². The zero-order valence-electron chi connectivity index (χ0n) is 6.24. The number of hydroxylamine groups is 1. The third-order valence-electron chi connectivity index (χ3n) is 1.14. The van der Waals surface area contributed by atoms with Gasteiger partial charge in [-0.25, -0.2) is 5.48 Å². The molecule has 1 rings (SSSR count). The summed E-state index contributed by atoms with van der Waals surface area (Å²) in [6.45, 7) is 0. The van der Waals surface area contributed by atoms with Crippen molar-refractivity contribution >= 4 is 57.3 Å². The molecular formula is C7H7KNO2. The van der Waals surface area contributed by atoms with Gasteiger partial charge in [-0.2, -0.15) is 0 Å². The molecular weight excluding hydrogens is 169 g/mol. The van der Waals surface area contributed by atoms with Crippen LogP contribution in [0, 0.1) is 0 Å². The first kappa shape index (κ1) is 11.3. The van der Waals surface area contributed by atoms with Crippen molar-refractivity contribution in [3.05, 3.63) is 35.9 Å². The van der Waals surface area contributed by atoms with Gasteiger partial charge in [-0.3, -0.25) is 10.0 Å². The molecule has 0 bridgehead atoms. The van der Waals surface area contributed by atoms with E-state index in [9.17, 15) is 4.79 Å². The molecule has 4 heteroatoms. The third kappa shape index (κ3) is 3.46. The maximum Gasteiger partial charge on any atom is 0.274 e. The van der Waals surface area contributed by atoms with E-state index in [-0.39, 0.29) is 51.4 Å². The summed E-state index contributed by atoms with van der Waals surface area (Å²) in [7, 11) is 0. The van der Waals surface area contributed by atoms with Crippen LogP contribution in [0.4, 0.5) is 0 Å². The average Bonchev–Trinajstić information content (AvgIpc) is 2.05. The van der Waals surface area contributed by atoms with Gasteiger partial charge in [0.05, 0.1) is 0 Å². The van der Waals surface area contributed by atoms with Crippen LogP contribution < -0.4 is 5.48 Å². The van der Waals surface area contributed by atoms with E-state index in [2.05, 4.69) is 0 Å². The average molecular weight is 176 g/mol. The Bertz CT molecular complexity index is 225. The molecule has 0 unspecified atom stereocenters. The Hall–Kier alpha value is 0.286. The molecule has 0 saturated carbocycles. The van der Waals surface area contributed by atoms with Gasteiger partial charge in [0, 0.05) is 56.9 Å². The molecule has 1 aromatic carbocycles. The van der Waals surface area contributed by atoms with Crippen LogP contribution in [-0.4, -0.2) is 62.5 Å². The minimum absolute atomic E-state index is 0. The first-order valence-electron chi connectivity index (χ1n) is 2.84. The number of carbonyl (C=O) groups excluding carboxylic acids is 1. The first-order valence-corrected chi connectivity index (χ1v) is 2.84. The number of benzene rings is 1. The van der Waals surface area contributed by atoms with Crippen molar-refractivity contribution in [3.8, 4) is 0 Å². The van der Waals surface area contributed by atoms with E-state index < -0.39 is 5.91 Å². The molecule has 1 amide bonds. The molecule has 0 saturated heterocycles. The van der Waals surface area contributed by atoms with E-state index >= 15 is 0 Å². The molecule has 53 valence electrons. The van der Waals surface area contributed by atoms with Gasteiger partial charge >= 0.3 is 0 Å². The molecule has 0 aliphatic carbocycles. The minimum Gasteiger partial charge on any atom is -0.288 e. The largest absolute Gasteiger partial charge is 0.288 e. The number of amides is 1. The molecule has 0 aromatic heterocycles. The van der Waals surface area contributed by atoms with Crippen LogP contribution in [0.3, 0.4) is 0 Å². The Labute approximate surface area is 107 Å². The zero-order valence-corrected chi connectivity index (χ0v) is 9.37. The van der Waals surface area contributed by atoms with Crippen LogP contribution in [0.15, 0.2) is 30.3 Å². The van der Waals surface area contributed by atoms with Gasteiger partial charge in [0.15, 0.2) is 0 Å². The summed E-state index contributed by atoms with van der Waals surface area (Å²) in [5.74, 6) is -0.486. The van der Waals surface area contributed by atoms with Gasteiger partial charge in [0.1, 0.15) is 0 Å². The Balaban J connectivity index is 0.000001000. The Kier molecular flexibility index (Phi) is 6.03. The smallest absolute Gasteiger partial charge is 0.274 e. The van der Waals surface area contributed by atoms with Crippen molar-refractivity contribution in [1.82, 2.24) is 5.48 Å². The normalized spacial score (nSPS) is 8.09. The Morgan fingerprint density at radius 3 is 2.27 bits per heavy atom. The monoisotopic (exact) mass is 176 g/mol. The molecule has 3 nitrogen and oxygen atoms in total. The summed E-state index contributed by atoms with van der Waals surface area (Å²) in [4.78, 5) is 10.7. The van der Waals surface area contributed by atoms with E-state index in [0.29, 0.717) is 5.56 Å². The molecule has 0 fully saturated rings. The fourth-order valence-corrected chi connectivity index (χ4v) is 0.654. The van der Waals surface area contributed by atoms with Gasteiger partial charge in [-0.1, -0.05) is 18.2 Å². The van der Waals surface area contributed by atoms with Crippen LogP contribution in [0.2, 0.25) is 0 Å². The molecule has 1 radical (unpaired) electrons. The van der Waals surface area contributed by atoms with E-state index in [1.54, 1.807) is 35.8 Å². The molecule has 0 aliphatic rings. The molecule has 0 aliphatic heterocycles. The molecule has 11 heavy (non-hydrogen) atoms. The van der Waals surface area contributed by atoms with E-state index in [1.165, 1.54) is 0 Å². The van der Waals surface area contributed by atoms with Crippen molar-refractivity contribution in [2.24, 2.45) is 0 Å². The van der Waals surface area contributed by atoms with E-state index in [0.717, 1.165) is 0 Å². The number of hydrogen-bond acceptors (Lipinski definition) is 2. The van der Waals surface area contributed by atoms with Gasteiger partial charge in [-0.05, 0) is 12.1 Å². The predicted molar refractivity (Wildman–Crippen MR) is 41.4 cm³/mol.